The molecule has 0 fully saturated rings. The van der Waals surface area contributed by atoms with E-state index in [1.165, 1.54) is 12.1 Å². The van der Waals surface area contributed by atoms with E-state index in [4.69, 9.17) is 33.7 Å². The molecule has 13 heteroatoms. The Balaban J connectivity index is 2.38. The lowest BCUT2D eigenvalue weighted by molar-refractivity contribution is -0.155. The molecule has 0 heterocycles. The van der Waals surface area contributed by atoms with Gasteiger partial charge in [0.05, 0.1) is 33.6 Å². The SMILES string of the molecule is CC(C)(C)OC(=O)CCN(Cc1cc(C(F)(F)F)cc(C(F)(F)F)c1)C(=O)[C@@H](N)Cc1ccc(Cl)c(Cl)c1. The van der Waals surface area contributed by atoms with Gasteiger partial charge in [-0.1, -0.05) is 29.3 Å². The number of carbonyl (C=O) groups excluding carboxylic acids is 2. The van der Waals surface area contributed by atoms with Crippen LogP contribution in [0.1, 0.15) is 49.4 Å². The van der Waals surface area contributed by atoms with Crippen molar-refractivity contribution >= 4 is 35.1 Å². The zero-order valence-electron chi connectivity index (χ0n) is 20.6. The number of halogens is 8. The van der Waals surface area contributed by atoms with Gasteiger partial charge in [-0.15, -0.1) is 0 Å². The standard InChI is InChI=1S/C25H26Cl2F6N2O3/c1-23(2,3)38-21(36)6-7-35(22(37)20(34)11-14-4-5-18(26)19(27)10-14)13-15-8-16(24(28,29)30)12-17(9-15)25(31,32)33/h4-5,8-10,12,20H,6-7,11,13,34H2,1-3H3/t20-/m0/s1. The van der Waals surface area contributed by atoms with Crippen LogP contribution in [0.3, 0.4) is 0 Å². The van der Waals surface area contributed by atoms with Crippen LogP contribution in [0.25, 0.3) is 0 Å². The van der Waals surface area contributed by atoms with Crippen molar-refractivity contribution in [1.29, 1.82) is 0 Å². The van der Waals surface area contributed by atoms with E-state index in [0.29, 0.717) is 17.7 Å². The summed E-state index contributed by atoms with van der Waals surface area (Å²) in [6.45, 7) is 3.82. The van der Waals surface area contributed by atoms with Crippen molar-refractivity contribution in [3.05, 3.63) is 68.7 Å². The molecule has 0 bridgehead atoms. The molecular formula is C25H26Cl2F6N2O3. The Bertz CT molecular complexity index is 1130. The summed E-state index contributed by atoms with van der Waals surface area (Å²) in [5, 5.41) is 0.466. The number of nitrogens with two attached hydrogens (primary N) is 1. The first-order chi connectivity index (χ1) is 17.3. The van der Waals surface area contributed by atoms with E-state index in [9.17, 15) is 35.9 Å². The van der Waals surface area contributed by atoms with Crippen molar-refractivity contribution in [1.82, 2.24) is 4.90 Å². The lowest BCUT2D eigenvalue weighted by Crippen LogP contribution is -2.45. The van der Waals surface area contributed by atoms with Gasteiger partial charge >= 0.3 is 18.3 Å². The molecular weight excluding hydrogens is 561 g/mol. The van der Waals surface area contributed by atoms with E-state index in [0.717, 1.165) is 4.90 Å². The number of rotatable bonds is 8. The van der Waals surface area contributed by atoms with E-state index >= 15 is 0 Å². The third-order valence-corrected chi connectivity index (χ3v) is 5.83. The number of esters is 1. The number of amides is 1. The Kier molecular flexibility index (Phi) is 10.1. The molecule has 0 aromatic heterocycles. The van der Waals surface area contributed by atoms with Crippen LogP contribution < -0.4 is 5.73 Å². The Morgan fingerprint density at radius 2 is 1.45 bits per heavy atom. The number of alkyl halides is 6. The second-order valence-corrected chi connectivity index (χ2v) is 10.4. The molecule has 5 nitrogen and oxygen atoms in total. The molecule has 38 heavy (non-hydrogen) atoms. The highest BCUT2D eigenvalue weighted by molar-refractivity contribution is 6.42. The molecule has 0 saturated heterocycles. The number of carbonyl (C=O) groups is 2. The Morgan fingerprint density at radius 3 is 1.92 bits per heavy atom. The zero-order chi connectivity index (χ0) is 29.1. The topological polar surface area (TPSA) is 72.6 Å². The molecule has 2 N–H and O–H groups in total. The lowest BCUT2D eigenvalue weighted by Gasteiger charge is -2.27. The van der Waals surface area contributed by atoms with Crippen LogP contribution in [0.15, 0.2) is 36.4 Å². The second kappa shape index (κ2) is 12.1. The molecule has 2 rings (SSSR count). The highest BCUT2D eigenvalue weighted by Gasteiger charge is 2.37. The Hall–Kier alpha value is -2.50. The number of benzene rings is 2. The smallest absolute Gasteiger partial charge is 0.416 e. The minimum Gasteiger partial charge on any atom is -0.460 e. The van der Waals surface area contributed by atoms with Crippen LogP contribution in [0.5, 0.6) is 0 Å². The van der Waals surface area contributed by atoms with E-state index < -0.39 is 59.1 Å². The summed E-state index contributed by atoms with van der Waals surface area (Å²) in [7, 11) is 0. The van der Waals surface area contributed by atoms with Crippen LogP contribution in [-0.4, -0.2) is 35.0 Å². The average molecular weight is 587 g/mol. The highest BCUT2D eigenvalue weighted by atomic mass is 35.5. The zero-order valence-corrected chi connectivity index (χ0v) is 22.2. The first-order valence-electron chi connectivity index (χ1n) is 11.2. The summed E-state index contributed by atoms with van der Waals surface area (Å²) < 4.78 is 85.1. The second-order valence-electron chi connectivity index (χ2n) is 9.57. The van der Waals surface area contributed by atoms with Gasteiger partial charge in [-0.05, 0) is 68.7 Å². The molecule has 0 saturated carbocycles. The van der Waals surface area contributed by atoms with Gasteiger partial charge in [0.2, 0.25) is 5.91 Å². The van der Waals surface area contributed by atoms with Gasteiger partial charge in [-0.3, -0.25) is 9.59 Å². The first kappa shape index (κ1) is 31.7. The van der Waals surface area contributed by atoms with E-state index in [1.54, 1.807) is 26.8 Å². The van der Waals surface area contributed by atoms with Crippen molar-refractivity contribution in [3.63, 3.8) is 0 Å². The van der Waals surface area contributed by atoms with Crippen molar-refractivity contribution in [2.24, 2.45) is 5.73 Å². The average Bonchev–Trinajstić information content (AvgIpc) is 2.76. The predicted molar refractivity (Wildman–Crippen MR) is 130 cm³/mol. The molecule has 2 aromatic carbocycles. The molecule has 0 aliphatic rings. The molecule has 0 spiro atoms. The fraction of sp³-hybridized carbons (Fsp3) is 0.440. The van der Waals surface area contributed by atoms with Gasteiger partial charge in [0.15, 0.2) is 0 Å². The van der Waals surface area contributed by atoms with Crippen LogP contribution in [0, 0.1) is 0 Å². The third-order valence-electron chi connectivity index (χ3n) is 5.10. The third kappa shape index (κ3) is 9.67. The van der Waals surface area contributed by atoms with Crippen LogP contribution in [0.2, 0.25) is 10.0 Å². The molecule has 0 unspecified atom stereocenters. The van der Waals surface area contributed by atoms with Gasteiger partial charge in [0, 0.05) is 13.1 Å². The van der Waals surface area contributed by atoms with Crippen molar-refractivity contribution in [2.75, 3.05) is 6.54 Å². The largest absolute Gasteiger partial charge is 0.460 e. The van der Waals surface area contributed by atoms with Crippen LogP contribution in [-0.2, 0) is 39.6 Å². The highest BCUT2D eigenvalue weighted by Crippen LogP contribution is 2.36. The molecule has 1 amide bonds. The van der Waals surface area contributed by atoms with Crippen molar-refractivity contribution in [3.8, 4) is 0 Å². The van der Waals surface area contributed by atoms with Gasteiger partial charge < -0.3 is 15.4 Å². The van der Waals surface area contributed by atoms with Gasteiger partial charge in [-0.2, -0.15) is 26.3 Å². The molecule has 210 valence electrons. The minimum absolute atomic E-state index is 0.00757. The maximum atomic E-state index is 13.3. The summed E-state index contributed by atoms with van der Waals surface area (Å²) in [5.41, 5.74) is 2.24. The summed E-state index contributed by atoms with van der Waals surface area (Å²) in [6.07, 6.45) is -10.6. The van der Waals surface area contributed by atoms with Gasteiger partial charge in [0.25, 0.3) is 0 Å². The molecule has 2 aromatic rings. The monoisotopic (exact) mass is 586 g/mol. The molecule has 0 aliphatic heterocycles. The molecule has 0 aliphatic carbocycles. The van der Waals surface area contributed by atoms with Gasteiger partial charge in [-0.25, -0.2) is 0 Å². The number of hydrogen-bond donors (Lipinski definition) is 1. The summed E-state index contributed by atoms with van der Waals surface area (Å²) in [6, 6.07) is 4.31. The lowest BCUT2D eigenvalue weighted by atomic mass is 10.0. The predicted octanol–water partition coefficient (Wildman–Crippen LogP) is 6.66. The van der Waals surface area contributed by atoms with Gasteiger partial charge in [0.1, 0.15) is 5.60 Å². The Labute approximate surface area is 225 Å². The maximum absolute atomic E-state index is 13.3. The summed E-state index contributed by atoms with van der Waals surface area (Å²) >= 11 is 11.9. The van der Waals surface area contributed by atoms with E-state index in [1.807, 2.05) is 0 Å². The fourth-order valence-corrected chi connectivity index (χ4v) is 3.78. The normalized spacial score (nSPS) is 13.3. The quantitative estimate of drug-likeness (QED) is 0.277. The van der Waals surface area contributed by atoms with Crippen molar-refractivity contribution in [2.45, 2.75) is 64.2 Å². The van der Waals surface area contributed by atoms with Crippen LogP contribution >= 0.6 is 23.2 Å². The van der Waals surface area contributed by atoms with E-state index in [2.05, 4.69) is 0 Å². The van der Waals surface area contributed by atoms with Crippen LogP contribution in [0.4, 0.5) is 26.3 Å². The Morgan fingerprint density at radius 1 is 0.895 bits per heavy atom. The van der Waals surface area contributed by atoms with E-state index in [-0.39, 0.29) is 35.5 Å². The molecule has 0 radical (unpaired) electrons. The summed E-state index contributed by atoms with van der Waals surface area (Å²) in [5.74, 6) is -1.51. The minimum atomic E-state index is -5.06. The molecule has 1 atom stereocenters. The number of hydrogen-bond acceptors (Lipinski definition) is 4. The number of ether oxygens (including phenoxy) is 1. The first-order valence-corrected chi connectivity index (χ1v) is 12.0. The summed E-state index contributed by atoms with van der Waals surface area (Å²) in [4.78, 5) is 26.4. The van der Waals surface area contributed by atoms with Crippen molar-refractivity contribution < 1.29 is 40.7 Å². The number of nitrogens with zero attached hydrogens (tertiary/aromatic N) is 1. The fourth-order valence-electron chi connectivity index (χ4n) is 3.46. The maximum Gasteiger partial charge on any atom is 0.416 e.